The second-order valence-electron chi connectivity index (χ2n) is 8.43. The minimum atomic E-state index is -0.0661. The first-order valence-corrected chi connectivity index (χ1v) is 11.7. The summed E-state index contributed by atoms with van der Waals surface area (Å²) in [4.78, 5) is 14.5. The van der Waals surface area contributed by atoms with Gasteiger partial charge in [0.1, 0.15) is 42.4 Å². The summed E-state index contributed by atoms with van der Waals surface area (Å²) in [6.45, 7) is 3.71. The Morgan fingerprint density at radius 2 is 1.31 bits per heavy atom. The van der Waals surface area contributed by atoms with Crippen molar-refractivity contribution in [3.63, 3.8) is 0 Å². The standard InChI is InChI=1S/C27H24N6O2/c1-2-33-15-23(31-32-33)20-13-21(26-29-24(16-34-26)18-9-5-3-6-10-18)28-22(14-20)27-30-25(17-35-27)19-11-7-4-8-12-19/h3-15,24-25H,2,16-17H2,1H3/t24-,25-/m0/s1. The van der Waals surface area contributed by atoms with Gasteiger partial charge in [0, 0.05) is 12.1 Å². The van der Waals surface area contributed by atoms with E-state index in [4.69, 9.17) is 24.4 Å². The van der Waals surface area contributed by atoms with Gasteiger partial charge in [0.15, 0.2) is 0 Å². The van der Waals surface area contributed by atoms with Crippen LogP contribution in [0.1, 0.15) is 41.5 Å². The highest BCUT2D eigenvalue weighted by Crippen LogP contribution is 2.29. The van der Waals surface area contributed by atoms with Gasteiger partial charge in [0.05, 0.1) is 6.20 Å². The van der Waals surface area contributed by atoms with Crippen LogP contribution in [0.2, 0.25) is 0 Å². The summed E-state index contributed by atoms with van der Waals surface area (Å²) in [5, 5.41) is 8.53. The number of hydrogen-bond acceptors (Lipinski definition) is 7. The molecule has 2 aromatic carbocycles. The van der Waals surface area contributed by atoms with Crippen LogP contribution in [0.25, 0.3) is 11.3 Å². The molecule has 8 heteroatoms. The first-order chi connectivity index (χ1) is 17.3. The van der Waals surface area contributed by atoms with Gasteiger partial charge in [-0.05, 0) is 30.2 Å². The molecule has 0 saturated carbocycles. The molecular formula is C27H24N6O2. The fraction of sp³-hybridized carbons (Fsp3) is 0.222. The van der Waals surface area contributed by atoms with Crippen molar-refractivity contribution in [3.05, 3.63) is 102 Å². The Balaban J connectivity index is 1.39. The maximum atomic E-state index is 6.00. The molecule has 0 fully saturated rings. The molecule has 0 radical (unpaired) electrons. The normalized spacial score (nSPS) is 19.1. The number of aliphatic imine (C=N–C) groups is 2. The summed E-state index contributed by atoms with van der Waals surface area (Å²) < 4.78 is 13.8. The number of pyridine rings is 1. The molecule has 0 saturated heterocycles. The van der Waals surface area contributed by atoms with E-state index in [1.807, 2.05) is 61.7 Å². The highest BCUT2D eigenvalue weighted by molar-refractivity contribution is 5.99. The first-order valence-electron chi connectivity index (χ1n) is 11.7. The first kappa shape index (κ1) is 21.2. The van der Waals surface area contributed by atoms with E-state index >= 15 is 0 Å². The highest BCUT2D eigenvalue weighted by Gasteiger charge is 2.27. The van der Waals surface area contributed by atoms with Crippen molar-refractivity contribution in [2.24, 2.45) is 9.98 Å². The van der Waals surface area contributed by atoms with Gasteiger partial charge >= 0.3 is 0 Å². The molecule has 2 aliphatic rings. The third-order valence-corrected chi connectivity index (χ3v) is 6.09. The molecule has 6 rings (SSSR count). The van der Waals surface area contributed by atoms with Crippen LogP contribution < -0.4 is 0 Å². The monoisotopic (exact) mass is 464 g/mol. The average molecular weight is 465 g/mol. The summed E-state index contributed by atoms with van der Waals surface area (Å²) in [5.41, 5.74) is 5.06. The third-order valence-electron chi connectivity index (χ3n) is 6.09. The number of ether oxygens (including phenoxy) is 2. The van der Waals surface area contributed by atoms with Crippen LogP contribution in [-0.2, 0) is 16.0 Å². The lowest BCUT2D eigenvalue weighted by atomic mass is 10.1. The third kappa shape index (κ3) is 4.30. The number of hydrogen-bond donors (Lipinski definition) is 0. The molecule has 4 heterocycles. The minimum Gasteiger partial charge on any atom is -0.474 e. The van der Waals surface area contributed by atoms with E-state index in [0.717, 1.165) is 28.9 Å². The van der Waals surface area contributed by atoms with Crippen molar-refractivity contribution in [1.82, 2.24) is 20.0 Å². The molecule has 174 valence electrons. The van der Waals surface area contributed by atoms with E-state index in [-0.39, 0.29) is 12.1 Å². The molecule has 0 spiro atoms. The lowest BCUT2D eigenvalue weighted by Crippen LogP contribution is -2.11. The van der Waals surface area contributed by atoms with Gasteiger partial charge in [-0.2, -0.15) is 0 Å². The summed E-state index contributed by atoms with van der Waals surface area (Å²) in [5.74, 6) is 1.01. The van der Waals surface area contributed by atoms with Crippen molar-refractivity contribution < 1.29 is 9.47 Å². The van der Waals surface area contributed by atoms with Gasteiger partial charge in [0.2, 0.25) is 11.8 Å². The fourth-order valence-corrected chi connectivity index (χ4v) is 4.20. The topological polar surface area (TPSA) is 86.8 Å². The molecule has 4 aromatic rings. The molecular weight excluding hydrogens is 440 g/mol. The van der Waals surface area contributed by atoms with E-state index in [0.29, 0.717) is 36.4 Å². The second-order valence-corrected chi connectivity index (χ2v) is 8.43. The molecule has 0 N–H and O–H groups in total. The second kappa shape index (κ2) is 9.13. The van der Waals surface area contributed by atoms with Crippen LogP contribution in [0.15, 0.2) is 89.0 Å². The fourth-order valence-electron chi connectivity index (χ4n) is 4.20. The molecule has 2 atom stereocenters. The Bertz CT molecular complexity index is 1310. The number of rotatable bonds is 6. The Kier molecular flexibility index (Phi) is 5.54. The van der Waals surface area contributed by atoms with Gasteiger partial charge in [-0.15, -0.1) is 5.10 Å². The van der Waals surface area contributed by atoms with E-state index in [1.165, 1.54) is 0 Å². The maximum absolute atomic E-state index is 6.00. The predicted octanol–water partition coefficient (Wildman–Crippen LogP) is 4.40. The lowest BCUT2D eigenvalue weighted by molar-refractivity contribution is 0.317. The van der Waals surface area contributed by atoms with Crippen molar-refractivity contribution in [2.45, 2.75) is 25.6 Å². The summed E-state index contributed by atoms with van der Waals surface area (Å²) >= 11 is 0. The molecule has 0 amide bonds. The molecule has 2 aromatic heterocycles. The van der Waals surface area contributed by atoms with E-state index in [1.54, 1.807) is 4.68 Å². The highest BCUT2D eigenvalue weighted by atomic mass is 16.5. The Morgan fingerprint density at radius 3 is 1.80 bits per heavy atom. The van der Waals surface area contributed by atoms with Gasteiger partial charge in [-0.25, -0.2) is 15.0 Å². The number of aromatic nitrogens is 4. The van der Waals surface area contributed by atoms with E-state index in [2.05, 4.69) is 34.6 Å². The van der Waals surface area contributed by atoms with Crippen molar-refractivity contribution in [1.29, 1.82) is 0 Å². The molecule has 8 nitrogen and oxygen atoms in total. The van der Waals surface area contributed by atoms with Crippen LogP contribution in [0.3, 0.4) is 0 Å². The van der Waals surface area contributed by atoms with Gasteiger partial charge in [-0.3, -0.25) is 4.68 Å². The zero-order valence-electron chi connectivity index (χ0n) is 19.3. The Morgan fingerprint density at radius 1 is 0.771 bits per heavy atom. The van der Waals surface area contributed by atoms with Crippen molar-refractivity contribution >= 4 is 11.8 Å². The minimum absolute atomic E-state index is 0.0661. The van der Waals surface area contributed by atoms with E-state index < -0.39 is 0 Å². The van der Waals surface area contributed by atoms with Crippen LogP contribution in [0.4, 0.5) is 0 Å². The Labute approximate surface area is 203 Å². The smallest absolute Gasteiger partial charge is 0.236 e. The predicted molar refractivity (Wildman–Crippen MR) is 132 cm³/mol. The SMILES string of the molecule is CCn1cc(-c2cc(C3=N[C@H](c4ccccc4)CO3)nc(C3=N[C@H](c4ccccc4)CO3)c2)nn1. The molecule has 0 aliphatic carbocycles. The van der Waals surface area contributed by atoms with Gasteiger partial charge in [0.25, 0.3) is 0 Å². The lowest BCUT2D eigenvalue weighted by Gasteiger charge is -2.07. The molecule has 35 heavy (non-hydrogen) atoms. The average Bonchev–Trinajstić information content (AvgIpc) is 3.70. The van der Waals surface area contributed by atoms with E-state index in [9.17, 15) is 0 Å². The summed E-state index contributed by atoms with van der Waals surface area (Å²) in [6.07, 6.45) is 1.91. The van der Waals surface area contributed by atoms with Crippen LogP contribution >= 0.6 is 0 Å². The van der Waals surface area contributed by atoms with Gasteiger partial charge in [-0.1, -0.05) is 65.9 Å². The summed E-state index contributed by atoms with van der Waals surface area (Å²) in [6, 6.07) is 24.0. The maximum Gasteiger partial charge on any atom is 0.236 e. The van der Waals surface area contributed by atoms with Crippen LogP contribution in [0, 0.1) is 0 Å². The van der Waals surface area contributed by atoms with Crippen molar-refractivity contribution in [3.8, 4) is 11.3 Å². The zero-order valence-corrected chi connectivity index (χ0v) is 19.3. The Hall–Kier alpha value is -4.33. The molecule has 0 unspecified atom stereocenters. The molecule has 0 bridgehead atoms. The van der Waals surface area contributed by atoms with Crippen molar-refractivity contribution in [2.75, 3.05) is 13.2 Å². The number of benzene rings is 2. The summed E-state index contributed by atoms with van der Waals surface area (Å²) in [7, 11) is 0. The zero-order chi connectivity index (χ0) is 23.6. The van der Waals surface area contributed by atoms with Crippen LogP contribution in [0.5, 0.6) is 0 Å². The number of aryl methyl sites for hydroxylation is 1. The number of nitrogens with zero attached hydrogens (tertiary/aromatic N) is 6. The van der Waals surface area contributed by atoms with Gasteiger partial charge < -0.3 is 9.47 Å². The largest absolute Gasteiger partial charge is 0.474 e. The molecule has 2 aliphatic heterocycles. The quantitative estimate of drug-likeness (QED) is 0.422. The van der Waals surface area contributed by atoms with Crippen LogP contribution in [-0.4, -0.2) is 45.0 Å².